The Bertz CT molecular complexity index is 359. The first-order valence-corrected chi connectivity index (χ1v) is 6.34. The fourth-order valence-corrected chi connectivity index (χ4v) is 2.21. The molecule has 1 aliphatic rings. The van der Waals surface area contributed by atoms with Gasteiger partial charge in [-0.05, 0) is 31.5 Å². The van der Waals surface area contributed by atoms with Crippen molar-refractivity contribution in [2.45, 2.75) is 38.6 Å². The Kier molecular flexibility index (Phi) is 3.38. The third-order valence-electron chi connectivity index (χ3n) is 2.98. The predicted octanol–water partition coefficient (Wildman–Crippen LogP) is 3.70. The SMILES string of the molecule is C[C@@H](c1ccc(Br)cc1)[C@@H]1COC(C)(C)O1. The van der Waals surface area contributed by atoms with Gasteiger partial charge in [-0.2, -0.15) is 0 Å². The van der Waals surface area contributed by atoms with E-state index in [1.807, 2.05) is 13.8 Å². The molecule has 2 nitrogen and oxygen atoms in total. The van der Waals surface area contributed by atoms with Crippen LogP contribution in [0.5, 0.6) is 0 Å². The molecular formula is C13H17BrO2. The maximum absolute atomic E-state index is 5.86. The maximum atomic E-state index is 5.86. The second kappa shape index (κ2) is 4.47. The molecule has 1 aromatic carbocycles. The Balaban J connectivity index is 2.08. The first-order chi connectivity index (χ1) is 7.48. The van der Waals surface area contributed by atoms with Gasteiger partial charge in [-0.25, -0.2) is 0 Å². The lowest BCUT2D eigenvalue weighted by Crippen LogP contribution is -2.24. The number of hydrogen-bond donors (Lipinski definition) is 0. The van der Waals surface area contributed by atoms with E-state index in [9.17, 15) is 0 Å². The van der Waals surface area contributed by atoms with E-state index >= 15 is 0 Å². The van der Waals surface area contributed by atoms with E-state index in [-0.39, 0.29) is 6.10 Å². The average Bonchev–Trinajstić information content (AvgIpc) is 2.59. The van der Waals surface area contributed by atoms with Gasteiger partial charge in [-0.15, -0.1) is 0 Å². The Labute approximate surface area is 105 Å². The second-order valence-electron chi connectivity index (χ2n) is 4.71. The summed E-state index contributed by atoms with van der Waals surface area (Å²) in [5.41, 5.74) is 1.29. The van der Waals surface area contributed by atoms with Crippen LogP contribution < -0.4 is 0 Å². The molecule has 3 heteroatoms. The van der Waals surface area contributed by atoms with Crippen molar-refractivity contribution in [1.82, 2.24) is 0 Å². The largest absolute Gasteiger partial charge is 0.348 e. The summed E-state index contributed by atoms with van der Waals surface area (Å²) in [4.78, 5) is 0. The smallest absolute Gasteiger partial charge is 0.163 e. The topological polar surface area (TPSA) is 18.5 Å². The average molecular weight is 285 g/mol. The Morgan fingerprint density at radius 3 is 2.44 bits per heavy atom. The minimum Gasteiger partial charge on any atom is -0.348 e. The van der Waals surface area contributed by atoms with Crippen LogP contribution in [0.2, 0.25) is 0 Å². The van der Waals surface area contributed by atoms with Crippen LogP contribution in [0.3, 0.4) is 0 Å². The lowest BCUT2D eigenvalue weighted by molar-refractivity contribution is -0.140. The summed E-state index contributed by atoms with van der Waals surface area (Å²) in [7, 11) is 0. The summed E-state index contributed by atoms with van der Waals surface area (Å²) in [5, 5.41) is 0. The summed E-state index contributed by atoms with van der Waals surface area (Å²) < 4.78 is 12.6. The van der Waals surface area contributed by atoms with Crippen molar-refractivity contribution in [3.8, 4) is 0 Å². The van der Waals surface area contributed by atoms with Gasteiger partial charge in [0.25, 0.3) is 0 Å². The summed E-state index contributed by atoms with van der Waals surface area (Å²) in [6.07, 6.45) is 0.149. The summed E-state index contributed by atoms with van der Waals surface area (Å²) in [6, 6.07) is 8.38. The molecule has 1 aliphatic heterocycles. The Morgan fingerprint density at radius 1 is 1.31 bits per heavy atom. The van der Waals surface area contributed by atoms with E-state index in [2.05, 4.69) is 47.1 Å². The minimum absolute atomic E-state index is 0.149. The number of ether oxygens (including phenoxy) is 2. The normalized spacial score (nSPS) is 25.6. The Morgan fingerprint density at radius 2 is 1.94 bits per heavy atom. The molecule has 16 heavy (non-hydrogen) atoms. The van der Waals surface area contributed by atoms with Crippen LogP contribution in [-0.4, -0.2) is 18.5 Å². The van der Waals surface area contributed by atoms with E-state index < -0.39 is 5.79 Å². The van der Waals surface area contributed by atoms with Gasteiger partial charge in [0.15, 0.2) is 5.79 Å². The highest BCUT2D eigenvalue weighted by Crippen LogP contribution is 2.32. The van der Waals surface area contributed by atoms with Crippen LogP contribution in [0, 0.1) is 0 Å². The first-order valence-electron chi connectivity index (χ1n) is 5.55. The van der Waals surface area contributed by atoms with Gasteiger partial charge in [0.2, 0.25) is 0 Å². The summed E-state index contributed by atoms with van der Waals surface area (Å²) >= 11 is 3.44. The molecule has 0 N–H and O–H groups in total. The number of rotatable bonds is 2. The van der Waals surface area contributed by atoms with Gasteiger partial charge in [-0.1, -0.05) is 35.0 Å². The van der Waals surface area contributed by atoms with Crippen LogP contribution >= 0.6 is 15.9 Å². The highest BCUT2D eigenvalue weighted by Gasteiger charge is 2.36. The summed E-state index contributed by atoms with van der Waals surface area (Å²) in [6.45, 7) is 6.77. The third kappa shape index (κ3) is 2.65. The van der Waals surface area contributed by atoms with Crippen LogP contribution in [0.15, 0.2) is 28.7 Å². The van der Waals surface area contributed by atoms with Gasteiger partial charge in [0.05, 0.1) is 12.7 Å². The number of halogens is 1. The number of benzene rings is 1. The molecule has 0 saturated carbocycles. The molecule has 0 radical (unpaired) electrons. The van der Waals surface area contributed by atoms with Crippen LogP contribution in [0.4, 0.5) is 0 Å². The van der Waals surface area contributed by atoms with Crippen molar-refractivity contribution >= 4 is 15.9 Å². The fourth-order valence-electron chi connectivity index (χ4n) is 1.94. The molecule has 0 unspecified atom stereocenters. The molecule has 88 valence electrons. The second-order valence-corrected chi connectivity index (χ2v) is 5.62. The minimum atomic E-state index is -0.436. The highest BCUT2D eigenvalue weighted by molar-refractivity contribution is 9.10. The molecule has 0 aliphatic carbocycles. The van der Waals surface area contributed by atoms with Crippen molar-refractivity contribution in [3.05, 3.63) is 34.3 Å². The van der Waals surface area contributed by atoms with E-state index in [0.717, 1.165) is 4.47 Å². The molecule has 2 rings (SSSR count). The lowest BCUT2D eigenvalue weighted by Gasteiger charge is -2.21. The zero-order valence-electron chi connectivity index (χ0n) is 9.87. The quantitative estimate of drug-likeness (QED) is 0.824. The molecule has 0 amide bonds. The van der Waals surface area contributed by atoms with Crippen molar-refractivity contribution < 1.29 is 9.47 Å². The van der Waals surface area contributed by atoms with E-state index in [4.69, 9.17) is 9.47 Å². The van der Waals surface area contributed by atoms with Crippen molar-refractivity contribution in [1.29, 1.82) is 0 Å². The maximum Gasteiger partial charge on any atom is 0.163 e. The van der Waals surface area contributed by atoms with Gasteiger partial charge in [-0.3, -0.25) is 0 Å². The molecule has 1 heterocycles. The van der Waals surface area contributed by atoms with Crippen LogP contribution in [0.1, 0.15) is 32.3 Å². The van der Waals surface area contributed by atoms with E-state index in [1.165, 1.54) is 5.56 Å². The van der Waals surface area contributed by atoms with Crippen LogP contribution in [-0.2, 0) is 9.47 Å². The fraction of sp³-hybridized carbons (Fsp3) is 0.538. The van der Waals surface area contributed by atoms with Gasteiger partial charge < -0.3 is 9.47 Å². The molecule has 0 spiro atoms. The van der Waals surface area contributed by atoms with Gasteiger partial charge in [0.1, 0.15) is 0 Å². The molecule has 1 aromatic rings. The van der Waals surface area contributed by atoms with Crippen molar-refractivity contribution in [2.75, 3.05) is 6.61 Å². The molecular weight excluding hydrogens is 268 g/mol. The first kappa shape index (κ1) is 12.1. The molecule has 2 atom stereocenters. The molecule has 1 saturated heterocycles. The van der Waals surface area contributed by atoms with E-state index in [1.54, 1.807) is 0 Å². The predicted molar refractivity (Wildman–Crippen MR) is 67.5 cm³/mol. The van der Waals surface area contributed by atoms with Gasteiger partial charge >= 0.3 is 0 Å². The third-order valence-corrected chi connectivity index (χ3v) is 3.51. The molecule has 0 bridgehead atoms. The number of hydrogen-bond acceptors (Lipinski definition) is 2. The standard InChI is InChI=1S/C13H17BrO2/c1-9(10-4-6-11(14)7-5-10)12-8-15-13(2,3)16-12/h4-7,9,12H,8H2,1-3H3/t9-,12-/m0/s1. The van der Waals surface area contributed by atoms with Crippen molar-refractivity contribution in [2.24, 2.45) is 0 Å². The summed E-state index contributed by atoms with van der Waals surface area (Å²) in [5.74, 6) is -0.0799. The zero-order valence-corrected chi connectivity index (χ0v) is 11.5. The monoisotopic (exact) mass is 284 g/mol. The van der Waals surface area contributed by atoms with Crippen molar-refractivity contribution in [3.63, 3.8) is 0 Å². The highest BCUT2D eigenvalue weighted by atomic mass is 79.9. The Hall–Kier alpha value is -0.380. The zero-order chi connectivity index (χ0) is 11.8. The van der Waals surface area contributed by atoms with E-state index in [0.29, 0.717) is 12.5 Å². The molecule has 1 fully saturated rings. The molecule has 0 aromatic heterocycles. The van der Waals surface area contributed by atoms with Crippen LogP contribution in [0.25, 0.3) is 0 Å². The van der Waals surface area contributed by atoms with Gasteiger partial charge in [0, 0.05) is 10.4 Å². The lowest BCUT2D eigenvalue weighted by atomic mass is 9.96.